The van der Waals surface area contributed by atoms with Crippen LogP contribution in [0.2, 0.25) is 0 Å². The molecule has 0 bridgehead atoms. The molecule has 0 aromatic carbocycles. The van der Waals surface area contributed by atoms with E-state index in [1.807, 2.05) is 0 Å². The Morgan fingerprint density at radius 2 is 1.57 bits per heavy atom. The Labute approximate surface area is 85.7 Å². The molecule has 0 amide bonds. The van der Waals surface area contributed by atoms with Crippen LogP contribution >= 0.6 is 0 Å². The molecular weight excluding hydrogens is 168 g/mol. The van der Waals surface area contributed by atoms with E-state index in [0.717, 1.165) is 0 Å². The predicted octanol–water partition coefficient (Wildman–Crippen LogP) is 4.07. The van der Waals surface area contributed by atoms with Crippen molar-refractivity contribution in [2.24, 2.45) is 0 Å². The van der Waals surface area contributed by atoms with Gasteiger partial charge in [-0.1, -0.05) is 41.0 Å². The summed E-state index contributed by atoms with van der Waals surface area (Å²) in [5, 5.41) is 0. The normalized spacial score (nSPS) is 25.1. The van der Waals surface area contributed by atoms with Gasteiger partial charge in [0.15, 0.2) is 0 Å². The van der Waals surface area contributed by atoms with Crippen LogP contribution in [0, 0.1) is 0 Å². The standard InChI is InChI=1S/C14H16/c1-2-6-12-10-14-8-4-3-7-13(14)9-11(12)5-1/h1-3,7H,4-6,8-10H2. The van der Waals surface area contributed by atoms with Crippen molar-refractivity contribution in [3.8, 4) is 0 Å². The molecule has 0 saturated heterocycles. The lowest BCUT2D eigenvalue weighted by atomic mass is 9.78. The summed E-state index contributed by atoms with van der Waals surface area (Å²) in [6.07, 6.45) is 16.9. The summed E-state index contributed by atoms with van der Waals surface area (Å²) >= 11 is 0. The van der Waals surface area contributed by atoms with Gasteiger partial charge in [-0.2, -0.15) is 0 Å². The average molecular weight is 184 g/mol. The second-order valence-electron chi connectivity index (χ2n) is 4.51. The van der Waals surface area contributed by atoms with Gasteiger partial charge in [-0.3, -0.25) is 0 Å². The monoisotopic (exact) mass is 184 g/mol. The van der Waals surface area contributed by atoms with Gasteiger partial charge in [-0.05, 0) is 44.1 Å². The molecule has 3 rings (SSSR count). The number of hydrogen-bond donors (Lipinski definition) is 0. The van der Waals surface area contributed by atoms with Crippen molar-refractivity contribution in [1.82, 2.24) is 0 Å². The Morgan fingerprint density at radius 1 is 0.786 bits per heavy atom. The van der Waals surface area contributed by atoms with Crippen LogP contribution in [0.4, 0.5) is 0 Å². The average Bonchev–Trinajstić information content (AvgIpc) is 2.26. The second kappa shape index (κ2) is 3.27. The van der Waals surface area contributed by atoms with Crippen LogP contribution in [-0.4, -0.2) is 0 Å². The molecule has 0 saturated carbocycles. The smallest absolute Gasteiger partial charge is 0.00615 e. The first kappa shape index (κ1) is 8.28. The Hall–Kier alpha value is -1.04. The minimum atomic E-state index is 1.21. The predicted molar refractivity (Wildman–Crippen MR) is 60.0 cm³/mol. The number of allylic oxidation sites excluding steroid dienone is 8. The molecule has 0 nitrogen and oxygen atoms in total. The van der Waals surface area contributed by atoms with Crippen molar-refractivity contribution < 1.29 is 0 Å². The van der Waals surface area contributed by atoms with Gasteiger partial charge in [-0.25, -0.2) is 0 Å². The van der Waals surface area contributed by atoms with Crippen molar-refractivity contribution in [1.29, 1.82) is 0 Å². The molecule has 0 N–H and O–H groups in total. The Bertz CT molecular complexity index is 375. The summed E-state index contributed by atoms with van der Waals surface area (Å²) in [7, 11) is 0. The molecule has 0 unspecified atom stereocenters. The largest absolute Gasteiger partial charge is 0.0841 e. The van der Waals surface area contributed by atoms with Gasteiger partial charge in [0.1, 0.15) is 0 Å². The molecule has 0 radical (unpaired) electrons. The highest BCUT2D eigenvalue weighted by molar-refractivity contribution is 5.44. The van der Waals surface area contributed by atoms with Crippen LogP contribution in [0.5, 0.6) is 0 Å². The third kappa shape index (κ3) is 1.30. The minimum Gasteiger partial charge on any atom is -0.0841 e. The summed E-state index contributed by atoms with van der Waals surface area (Å²) in [4.78, 5) is 0. The molecule has 0 aliphatic heterocycles. The highest BCUT2D eigenvalue weighted by Crippen LogP contribution is 2.39. The molecule has 0 aromatic rings. The van der Waals surface area contributed by atoms with E-state index < -0.39 is 0 Å². The summed E-state index contributed by atoms with van der Waals surface area (Å²) in [5.74, 6) is 0. The van der Waals surface area contributed by atoms with Crippen molar-refractivity contribution in [3.63, 3.8) is 0 Å². The van der Waals surface area contributed by atoms with Gasteiger partial charge >= 0.3 is 0 Å². The quantitative estimate of drug-likeness (QED) is 0.498. The van der Waals surface area contributed by atoms with Crippen molar-refractivity contribution in [2.45, 2.75) is 38.5 Å². The maximum atomic E-state index is 2.36. The zero-order valence-corrected chi connectivity index (χ0v) is 8.55. The molecule has 0 heterocycles. The maximum absolute atomic E-state index is 2.36. The van der Waals surface area contributed by atoms with Crippen LogP contribution in [0.15, 0.2) is 46.6 Å². The molecule has 0 spiro atoms. The first-order valence-electron chi connectivity index (χ1n) is 5.65. The van der Waals surface area contributed by atoms with Crippen molar-refractivity contribution in [3.05, 3.63) is 46.6 Å². The van der Waals surface area contributed by atoms with Crippen LogP contribution in [0.25, 0.3) is 0 Å². The van der Waals surface area contributed by atoms with E-state index in [1.54, 1.807) is 22.3 Å². The van der Waals surface area contributed by atoms with Gasteiger partial charge in [-0.15, -0.1) is 0 Å². The van der Waals surface area contributed by atoms with Gasteiger partial charge in [0.2, 0.25) is 0 Å². The van der Waals surface area contributed by atoms with Gasteiger partial charge in [0, 0.05) is 0 Å². The molecule has 72 valence electrons. The molecule has 0 atom stereocenters. The molecule has 14 heavy (non-hydrogen) atoms. The van der Waals surface area contributed by atoms with Crippen LogP contribution < -0.4 is 0 Å². The van der Waals surface area contributed by atoms with Crippen LogP contribution in [-0.2, 0) is 0 Å². The fourth-order valence-electron chi connectivity index (χ4n) is 2.77. The summed E-state index contributed by atoms with van der Waals surface area (Å²) in [6.45, 7) is 0. The third-order valence-corrected chi connectivity index (χ3v) is 3.61. The van der Waals surface area contributed by atoms with E-state index in [0.29, 0.717) is 0 Å². The molecule has 0 heteroatoms. The summed E-state index contributed by atoms with van der Waals surface area (Å²) < 4.78 is 0. The molecular formula is C14H16. The lowest BCUT2D eigenvalue weighted by molar-refractivity contribution is 0.794. The SMILES string of the molecule is C1=CC2=C(CC1)CC1=C(CC=CC1)C2. The third-order valence-electron chi connectivity index (χ3n) is 3.61. The zero-order chi connectivity index (χ0) is 9.38. The number of rotatable bonds is 0. The van der Waals surface area contributed by atoms with Crippen molar-refractivity contribution in [2.75, 3.05) is 0 Å². The van der Waals surface area contributed by atoms with Gasteiger partial charge in [0.25, 0.3) is 0 Å². The second-order valence-corrected chi connectivity index (χ2v) is 4.51. The zero-order valence-electron chi connectivity index (χ0n) is 8.55. The van der Waals surface area contributed by atoms with Gasteiger partial charge in [0.05, 0.1) is 0 Å². The Morgan fingerprint density at radius 3 is 2.43 bits per heavy atom. The minimum absolute atomic E-state index is 1.21. The van der Waals surface area contributed by atoms with E-state index in [-0.39, 0.29) is 0 Å². The van der Waals surface area contributed by atoms with Crippen LogP contribution in [0.3, 0.4) is 0 Å². The highest BCUT2D eigenvalue weighted by Gasteiger charge is 2.20. The molecule has 0 fully saturated rings. The fraction of sp³-hybridized carbons (Fsp3) is 0.429. The molecule has 0 aromatic heterocycles. The summed E-state index contributed by atoms with van der Waals surface area (Å²) in [5.41, 5.74) is 6.78. The fourth-order valence-corrected chi connectivity index (χ4v) is 2.77. The topological polar surface area (TPSA) is 0 Å². The molecule has 3 aliphatic rings. The van der Waals surface area contributed by atoms with Crippen LogP contribution in [0.1, 0.15) is 38.5 Å². The first-order chi connectivity index (χ1) is 6.93. The molecule has 3 aliphatic carbocycles. The highest BCUT2D eigenvalue weighted by atomic mass is 14.3. The number of hydrogen-bond acceptors (Lipinski definition) is 0. The summed E-state index contributed by atoms with van der Waals surface area (Å²) in [6, 6.07) is 0. The van der Waals surface area contributed by atoms with Crippen molar-refractivity contribution >= 4 is 0 Å². The van der Waals surface area contributed by atoms with E-state index in [9.17, 15) is 0 Å². The van der Waals surface area contributed by atoms with E-state index >= 15 is 0 Å². The lowest BCUT2D eigenvalue weighted by Gasteiger charge is -2.27. The Kier molecular flexibility index (Phi) is 1.93. The first-order valence-corrected chi connectivity index (χ1v) is 5.65. The van der Waals surface area contributed by atoms with E-state index in [4.69, 9.17) is 0 Å². The van der Waals surface area contributed by atoms with E-state index in [2.05, 4.69) is 24.3 Å². The maximum Gasteiger partial charge on any atom is -0.00615 e. The van der Waals surface area contributed by atoms with E-state index in [1.165, 1.54) is 38.5 Å². The van der Waals surface area contributed by atoms with Gasteiger partial charge < -0.3 is 0 Å². The lowest BCUT2D eigenvalue weighted by Crippen LogP contribution is -2.08. The Balaban J connectivity index is 1.89.